The molecule has 0 rings (SSSR count). The number of phosphoric acid groups is 2. The second-order valence-corrected chi connectivity index (χ2v) is 34.9. The molecule has 0 fully saturated rings. The van der Waals surface area contributed by atoms with E-state index in [1.54, 1.807) is 0 Å². The van der Waals surface area contributed by atoms with Crippen molar-refractivity contribution in [3.05, 3.63) is 0 Å². The summed E-state index contributed by atoms with van der Waals surface area (Å²) in [4.78, 5) is 73.1. The second kappa shape index (κ2) is 73.8. The summed E-state index contributed by atoms with van der Waals surface area (Å²) in [5.41, 5.74) is 0. The van der Waals surface area contributed by atoms with E-state index in [2.05, 4.69) is 55.4 Å². The van der Waals surface area contributed by atoms with Crippen molar-refractivity contribution in [3.63, 3.8) is 0 Å². The molecule has 19 heteroatoms. The lowest BCUT2D eigenvalue weighted by atomic mass is 9.99. The Morgan fingerprint density at radius 2 is 0.462 bits per heavy atom. The molecule has 0 aliphatic carbocycles. The Kier molecular flexibility index (Phi) is 72.5. The molecule has 7 atom stereocenters. The summed E-state index contributed by atoms with van der Waals surface area (Å²) < 4.78 is 68.8. The second-order valence-electron chi connectivity index (χ2n) is 32.0. The Morgan fingerprint density at radius 3 is 0.683 bits per heavy atom. The minimum Gasteiger partial charge on any atom is -0.462 e. The van der Waals surface area contributed by atoms with E-state index in [1.807, 2.05) is 0 Å². The number of aliphatic hydroxyl groups excluding tert-OH is 1. The van der Waals surface area contributed by atoms with Crippen LogP contribution in [-0.4, -0.2) is 96.7 Å². The van der Waals surface area contributed by atoms with Gasteiger partial charge in [0.05, 0.1) is 26.4 Å². The normalized spacial score (nSPS) is 14.5. The van der Waals surface area contributed by atoms with Gasteiger partial charge in [0.1, 0.15) is 19.3 Å². The Hall–Kier alpha value is -1.94. The van der Waals surface area contributed by atoms with Crippen molar-refractivity contribution in [2.45, 2.75) is 459 Å². The van der Waals surface area contributed by atoms with Crippen molar-refractivity contribution in [1.29, 1.82) is 0 Å². The number of unbranched alkanes of at least 4 members (excludes halogenated alkanes) is 46. The van der Waals surface area contributed by atoms with Crippen LogP contribution in [-0.2, 0) is 65.4 Å². The zero-order chi connectivity index (χ0) is 76.7. The number of aliphatic hydroxyl groups is 1. The van der Waals surface area contributed by atoms with E-state index in [1.165, 1.54) is 238 Å². The average molecular weight is 1520 g/mol. The van der Waals surface area contributed by atoms with Gasteiger partial charge in [0.25, 0.3) is 0 Å². The van der Waals surface area contributed by atoms with Crippen molar-refractivity contribution in [2.24, 2.45) is 23.7 Å². The summed E-state index contributed by atoms with van der Waals surface area (Å²) in [6.45, 7) is 14.3. The molecular weight excluding hydrogens is 1350 g/mol. The molecule has 5 unspecified atom stereocenters. The SMILES string of the molecule is CCC(C)CCCCCCCCCCCCCCCCCCCCC(=O)OC[C@H](COP(=O)(O)OCC(O)COP(=O)(O)OC[C@@H](COC(=O)CCCCCCCCCC(C)C)OC(=O)CCCCCCCCCCCCC(C)CC)OC(=O)CCCCCCCCCCCCCCCCCC(C)C. The standard InChI is InChI=1S/C85H166O17P2/c1-9-77(7)63-55-47-39-31-25-21-17-13-11-12-14-18-22-26-33-41-49-57-65-82(87)95-71-80(101-84(89)67-59-51-42-34-27-23-19-15-16-20-24-30-37-45-53-61-75(3)4)73-99-103(91,92)97-69-79(86)70-98-104(93,94)100-74-81(72-96-83(88)66-58-50-44-36-38-46-54-62-76(5)6)102-85(90)68-60-52-43-35-29-28-32-40-48-56-64-78(8)10-2/h75-81,86H,9-74H2,1-8H3,(H,91,92)(H,93,94)/t77?,78?,79?,80-,81-/m1/s1. The molecule has 3 N–H and O–H groups in total. The third kappa shape index (κ3) is 75.5. The number of ether oxygens (including phenoxy) is 4. The quantitative estimate of drug-likeness (QED) is 0.0222. The van der Waals surface area contributed by atoms with E-state index in [9.17, 15) is 43.2 Å². The minimum absolute atomic E-state index is 0.105. The summed E-state index contributed by atoms with van der Waals surface area (Å²) in [7, 11) is -9.93. The molecule has 0 aromatic carbocycles. The fraction of sp³-hybridized carbons (Fsp3) is 0.953. The van der Waals surface area contributed by atoms with Crippen LogP contribution >= 0.6 is 15.6 Å². The molecule has 0 aromatic rings. The van der Waals surface area contributed by atoms with Crippen LogP contribution in [0.4, 0.5) is 0 Å². The number of carbonyl (C=O) groups excluding carboxylic acids is 4. The Balaban J connectivity index is 5.22. The molecule has 0 saturated carbocycles. The van der Waals surface area contributed by atoms with Gasteiger partial charge in [0, 0.05) is 25.7 Å². The average Bonchev–Trinajstić information content (AvgIpc) is 0.903. The number of hydrogen-bond acceptors (Lipinski definition) is 15. The molecule has 0 radical (unpaired) electrons. The van der Waals surface area contributed by atoms with Crippen LogP contribution < -0.4 is 0 Å². The van der Waals surface area contributed by atoms with Crippen LogP contribution in [0.5, 0.6) is 0 Å². The van der Waals surface area contributed by atoms with Crippen molar-refractivity contribution < 1.29 is 80.2 Å². The Bertz CT molecular complexity index is 2030. The lowest BCUT2D eigenvalue weighted by molar-refractivity contribution is -0.161. The molecule has 17 nitrogen and oxygen atoms in total. The van der Waals surface area contributed by atoms with Gasteiger partial charge in [0.15, 0.2) is 12.2 Å². The molecule has 0 aliphatic heterocycles. The monoisotopic (exact) mass is 1520 g/mol. The van der Waals surface area contributed by atoms with Gasteiger partial charge in [-0.25, -0.2) is 9.13 Å². The van der Waals surface area contributed by atoms with Gasteiger partial charge < -0.3 is 33.8 Å². The predicted molar refractivity (Wildman–Crippen MR) is 428 cm³/mol. The fourth-order valence-corrected chi connectivity index (χ4v) is 14.7. The first kappa shape index (κ1) is 102. The topological polar surface area (TPSA) is 237 Å². The predicted octanol–water partition coefficient (Wildman–Crippen LogP) is 25.6. The van der Waals surface area contributed by atoms with E-state index >= 15 is 0 Å². The van der Waals surface area contributed by atoms with Gasteiger partial charge in [-0.3, -0.25) is 37.3 Å². The van der Waals surface area contributed by atoms with Gasteiger partial charge in [0.2, 0.25) is 0 Å². The number of carbonyl (C=O) groups is 4. The van der Waals surface area contributed by atoms with E-state index in [0.717, 1.165) is 114 Å². The zero-order valence-electron chi connectivity index (χ0n) is 68.7. The third-order valence-electron chi connectivity index (χ3n) is 20.5. The number of esters is 4. The highest BCUT2D eigenvalue weighted by Crippen LogP contribution is 2.45. The van der Waals surface area contributed by atoms with Crippen LogP contribution in [0.25, 0.3) is 0 Å². The Morgan fingerprint density at radius 1 is 0.269 bits per heavy atom. The molecule has 618 valence electrons. The van der Waals surface area contributed by atoms with Crippen LogP contribution in [0.2, 0.25) is 0 Å². The van der Waals surface area contributed by atoms with E-state index < -0.39 is 97.5 Å². The Labute approximate surface area is 638 Å². The molecule has 0 saturated heterocycles. The lowest BCUT2D eigenvalue weighted by Gasteiger charge is -2.21. The number of rotatable bonds is 82. The van der Waals surface area contributed by atoms with Crippen molar-refractivity contribution >= 4 is 39.5 Å². The molecule has 0 heterocycles. The van der Waals surface area contributed by atoms with Gasteiger partial charge in [-0.2, -0.15) is 0 Å². The summed E-state index contributed by atoms with van der Waals surface area (Å²) in [5, 5.41) is 10.7. The van der Waals surface area contributed by atoms with Crippen molar-refractivity contribution in [1.82, 2.24) is 0 Å². The molecule has 104 heavy (non-hydrogen) atoms. The van der Waals surface area contributed by atoms with E-state index in [-0.39, 0.29) is 25.7 Å². The summed E-state index contributed by atoms with van der Waals surface area (Å²) in [5.74, 6) is 1.07. The highest BCUT2D eigenvalue weighted by atomic mass is 31.2. The fourth-order valence-electron chi connectivity index (χ4n) is 13.1. The first-order chi connectivity index (χ1) is 50.2. The highest BCUT2D eigenvalue weighted by Gasteiger charge is 2.30. The zero-order valence-corrected chi connectivity index (χ0v) is 70.5. The largest absolute Gasteiger partial charge is 0.472 e. The maximum atomic E-state index is 13.1. The summed E-state index contributed by atoms with van der Waals surface area (Å²) in [6.07, 6.45) is 62.5. The molecule has 0 amide bonds. The smallest absolute Gasteiger partial charge is 0.462 e. The van der Waals surface area contributed by atoms with Crippen molar-refractivity contribution in [2.75, 3.05) is 39.6 Å². The molecule has 0 aromatic heterocycles. The van der Waals surface area contributed by atoms with E-state index in [4.69, 9.17) is 37.0 Å². The van der Waals surface area contributed by atoms with Crippen LogP contribution in [0, 0.1) is 23.7 Å². The van der Waals surface area contributed by atoms with E-state index in [0.29, 0.717) is 31.6 Å². The molecule has 0 spiro atoms. The summed E-state index contributed by atoms with van der Waals surface area (Å²) >= 11 is 0. The molecular formula is C85H166O17P2. The number of hydrogen-bond donors (Lipinski definition) is 3. The molecule has 0 aliphatic rings. The first-order valence-electron chi connectivity index (χ1n) is 43.8. The number of phosphoric ester groups is 2. The van der Waals surface area contributed by atoms with Gasteiger partial charge >= 0.3 is 39.5 Å². The highest BCUT2D eigenvalue weighted by molar-refractivity contribution is 7.47. The van der Waals surface area contributed by atoms with Gasteiger partial charge in [-0.05, 0) is 49.4 Å². The van der Waals surface area contributed by atoms with Crippen LogP contribution in [0.3, 0.4) is 0 Å². The third-order valence-corrected chi connectivity index (χ3v) is 22.4. The maximum Gasteiger partial charge on any atom is 0.472 e. The van der Waals surface area contributed by atoms with Crippen molar-refractivity contribution in [3.8, 4) is 0 Å². The lowest BCUT2D eigenvalue weighted by Crippen LogP contribution is -2.30. The van der Waals surface area contributed by atoms with Gasteiger partial charge in [-0.1, -0.05) is 389 Å². The first-order valence-corrected chi connectivity index (χ1v) is 46.8. The van der Waals surface area contributed by atoms with Gasteiger partial charge in [-0.15, -0.1) is 0 Å². The van der Waals surface area contributed by atoms with Crippen LogP contribution in [0.1, 0.15) is 441 Å². The molecule has 0 bridgehead atoms. The maximum absolute atomic E-state index is 13.1. The summed E-state index contributed by atoms with van der Waals surface area (Å²) in [6, 6.07) is 0. The minimum atomic E-state index is -4.97. The van der Waals surface area contributed by atoms with Crippen LogP contribution in [0.15, 0.2) is 0 Å².